The van der Waals surface area contributed by atoms with Crippen molar-refractivity contribution < 1.29 is 5.11 Å². The van der Waals surface area contributed by atoms with E-state index in [9.17, 15) is 0 Å². The van der Waals surface area contributed by atoms with E-state index in [1.54, 1.807) is 0 Å². The van der Waals surface area contributed by atoms with Crippen LogP contribution in [0, 0.1) is 0 Å². The Morgan fingerprint density at radius 1 is 0.571 bits per heavy atom. The van der Waals surface area contributed by atoms with Crippen LogP contribution < -0.4 is 0 Å². The van der Waals surface area contributed by atoms with E-state index in [-0.39, 0.29) is 0 Å². The van der Waals surface area contributed by atoms with Gasteiger partial charge in [-0.25, -0.2) is 0 Å². The van der Waals surface area contributed by atoms with Crippen LogP contribution >= 0.6 is 0 Å². The number of hydrogen-bond acceptors (Lipinski definition) is 1. The predicted molar refractivity (Wildman–Crippen MR) is 95.6 cm³/mol. The quantitative estimate of drug-likeness (QED) is 0.275. The zero-order valence-corrected chi connectivity index (χ0v) is 14.1. The standard InChI is InChI=1S/C20H36O/c1-2-3-4-5-6-7-8-9-10-11-12-13-14-15-16-17-18-19-20-21/h9-10,12-13,15-16,21H,2-8,11,14,17-20H2,1H3. The third-order valence-corrected chi connectivity index (χ3v) is 3.55. The van der Waals surface area contributed by atoms with Gasteiger partial charge in [-0.05, 0) is 44.9 Å². The number of unbranched alkanes of at least 4 members (excludes halogenated alkanes) is 8. The average Bonchev–Trinajstić information content (AvgIpc) is 2.50. The van der Waals surface area contributed by atoms with Gasteiger partial charge in [-0.15, -0.1) is 0 Å². The van der Waals surface area contributed by atoms with Crippen LogP contribution in [0.2, 0.25) is 0 Å². The molecule has 0 saturated heterocycles. The highest BCUT2D eigenvalue weighted by molar-refractivity contribution is 4.97. The Kier molecular flexibility index (Phi) is 18.4. The zero-order chi connectivity index (χ0) is 15.4. The van der Waals surface area contributed by atoms with E-state index >= 15 is 0 Å². The van der Waals surface area contributed by atoms with Crippen molar-refractivity contribution in [1.82, 2.24) is 0 Å². The first-order valence-electron chi connectivity index (χ1n) is 8.97. The Bertz CT molecular complexity index is 263. The first-order valence-corrected chi connectivity index (χ1v) is 8.97. The summed E-state index contributed by atoms with van der Waals surface area (Å²) in [5.41, 5.74) is 0. The second-order valence-corrected chi connectivity index (χ2v) is 5.66. The lowest BCUT2D eigenvalue weighted by molar-refractivity contribution is 0.285. The monoisotopic (exact) mass is 292 g/mol. The third kappa shape index (κ3) is 19.2. The molecular formula is C20H36O. The molecule has 0 spiro atoms. The van der Waals surface area contributed by atoms with Gasteiger partial charge in [-0.2, -0.15) is 0 Å². The van der Waals surface area contributed by atoms with Crippen LogP contribution in [0.4, 0.5) is 0 Å². The van der Waals surface area contributed by atoms with Gasteiger partial charge in [0.1, 0.15) is 0 Å². The lowest BCUT2D eigenvalue weighted by atomic mass is 10.1. The van der Waals surface area contributed by atoms with Gasteiger partial charge < -0.3 is 5.11 Å². The lowest BCUT2D eigenvalue weighted by Gasteiger charge is -1.97. The van der Waals surface area contributed by atoms with E-state index in [1.165, 1.54) is 44.9 Å². The minimum Gasteiger partial charge on any atom is -0.396 e. The van der Waals surface area contributed by atoms with E-state index in [1.807, 2.05) is 0 Å². The van der Waals surface area contributed by atoms with Crippen molar-refractivity contribution in [3.05, 3.63) is 36.5 Å². The number of aliphatic hydroxyl groups is 1. The summed E-state index contributed by atoms with van der Waals surface area (Å²) >= 11 is 0. The topological polar surface area (TPSA) is 20.2 Å². The van der Waals surface area contributed by atoms with Gasteiger partial charge in [0.05, 0.1) is 0 Å². The SMILES string of the molecule is CCCCCCCCC=CCC=CCC=CCCCCO. The largest absolute Gasteiger partial charge is 0.396 e. The van der Waals surface area contributed by atoms with Gasteiger partial charge in [0, 0.05) is 6.61 Å². The Morgan fingerprint density at radius 2 is 1.05 bits per heavy atom. The fourth-order valence-electron chi connectivity index (χ4n) is 2.19. The first kappa shape index (κ1) is 20.2. The molecule has 0 aromatic heterocycles. The molecule has 0 atom stereocenters. The summed E-state index contributed by atoms with van der Waals surface area (Å²) in [4.78, 5) is 0. The average molecular weight is 293 g/mol. The number of hydrogen-bond donors (Lipinski definition) is 1. The van der Waals surface area contributed by atoms with E-state index in [4.69, 9.17) is 5.11 Å². The molecule has 0 aliphatic carbocycles. The van der Waals surface area contributed by atoms with Crippen LogP contribution in [0.15, 0.2) is 36.5 Å². The fourth-order valence-corrected chi connectivity index (χ4v) is 2.19. The Hall–Kier alpha value is -0.820. The van der Waals surface area contributed by atoms with Crippen LogP contribution in [-0.4, -0.2) is 11.7 Å². The molecule has 122 valence electrons. The van der Waals surface area contributed by atoms with Gasteiger partial charge in [-0.1, -0.05) is 75.5 Å². The normalized spacial score (nSPS) is 12.3. The molecule has 0 bridgehead atoms. The van der Waals surface area contributed by atoms with Crippen molar-refractivity contribution in [2.24, 2.45) is 0 Å². The molecule has 0 aliphatic rings. The van der Waals surface area contributed by atoms with Gasteiger partial charge in [-0.3, -0.25) is 0 Å². The molecule has 0 unspecified atom stereocenters. The lowest BCUT2D eigenvalue weighted by Crippen LogP contribution is -1.79. The van der Waals surface area contributed by atoms with Crippen molar-refractivity contribution in [1.29, 1.82) is 0 Å². The minimum absolute atomic E-state index is 0.318. The maximum Gasteiger partial charge on any atom is 0.0431 e. The molecule has 0 radical (unpaired) electrons. The summed E-state index contributed by atoms with van der Waals surface area (Å²) in [5.74, 6) is 0. The summed E-state index contributed by atoms with van der Waals surface area (Å²) in [7, 11) is 0. The molecule has 0 heterocycles. The van der Waals surface area contributed by atoms with Crippen molar-refractivity contribution in [3.8, 4) is 0 Å². The summed E-state index contributed by atoms with van der Waals surface area (Å²) < 4.78 is 0. The predicted octanol–water partition coefficient (Wildman–Crippen LogP) is 6.35. The van der Waals surface area contributed by atoms with Crippen molar-refractivity contribution in [2.45, 2.75) is 84.0 Å². The summed E-state index contributed by atoms with van der Waals surface area (Å²) in [6.45, 7) is 2.59. The van der Waals surface area contributed by atoms with Crippen LogP contribution in [-0.2, 0) is 0 Å². The minimum atomic E-state index is 0.318. The van der Waals surface area contributed by atoms with Crippen LogP contribution in [0.5, 0.6) is 0 Å². The van der Waals surface area contributed by atoms with Gasteiger partial charge in [0.15, 0.2) is 0 Å². The Balaban J connectivity index is 3.24. The first-order chi connectivity index (χ1) is 10.4. The van der Waals surface area contributed by atoms with Crippen LogP contribution in [0.1, 0.15) is 84.0 Å². The maximum atomic E-state index is 8.65. The molecule has 0 aromatic carbocycles. The molecular weight excluding hydrogens is 256 g/mol. The second-order valence-electron chi connectivity index (χ2n) is 5.66. The smallest absolute Gasteiger partial charge is 0.0431 e. The molecule has 0 rings (SSSR count). The van der Waals surface area contributed by atoms with Gasteiger partial charge >= 0.3 is 0 Å². The highest BCUT2D eigenvalue weighted by Gasteiger charge is 1.87. The molecule has 0 amide bonds. The van der Waals surface area contributed by atoms with Gasteiger partial charge in [0.2, 0.25) is 0 Å². The van der Waals surface area contributed by atoms with Crippen molar-refractivity contribution in [2.75, 3.05) is 6.61 Å². The molecule has 0 aliphatic heterocycles. The molecule has 0 fully saturated rings. The van der Waals surface area contributed by atoms with Gasteiger partial charge in [0.25, 0.3) is 0 Å². The Labute approximate surface area is 132 Å². The van der Waals surface area contributed by atoms with E-state index < -0.39 is 0 Å². The number of allylic oxidation sites excluding steroid dienone is 6. The zero-order valence-electron chi connectivity index (χ0n) is 14.1. The highest BCUT2D eigenvalue weighted by Crippen LogP contribution is 2.07. The van der Waals surface area contributed by atoms with Crippen LogP contribution in [0.3, 0.4) is 0 Å². The number of aliphatic hydroxyl groups excluding tert-OH is 1. The molecule has 1 N–H and O–H groups in total. The molecule has 1 nitrogen and oxygen atoms in total. The molecule has 21 heavy (non-hydrogen) atoms. The fraction of sp³-hybridized carbons (Fsp3) is 0.700. The van der Waals surface area contributed by atoms with Crippen molar-refractivity contribution >= 4 is 0 Å². The highest BCUT2D eigenvalue weighted by atomic mass is 16.2. The van der Waals surface area contributed by atoms with E-state index in [0.717, 1.165) is 32.1 Å². The summed E-state index contributed by atoms with van der Waals surface area (Å²) in [6.07, 6.45) is 28.3. The summed E-state index contributed by atoms with van der Waals surface area (Å²) in [5, 5.41) is 8.65. The molecule has 0 aromatic rings. The van der Waals surface area contributed by atoms with Crippen molar-refractivity contribution in [3.63, 3.8) is 0 Å². The maximum absolute atomic E-state index is 8.65. The second kappa shape index (κ2) is 19.2. The summed E-state index contributed by atoms with van der Waals surface area (Å²) in [6, 6.07) is 0. The van der Waals surface area contributed by atoms with E-state index in [0.29, 0.717) is 6.61 Å². The number of rotatable bonds is 15. The van der Waals surface area contributed by atoms with E-state index in [2.05, 4.69) is 43.4 Å². The molecule has 1 heteroatoms. The Morgan fingerprint density at radius 3 is 1.62 bits per heavy atom. The molecule has 0 saturated carbocycles. The third-order valence-electron chi connectivity index (χ3n) is 3.55. The van der Waals surface area contributed by atoms with Crippen LogP contribution in [0.25, 0.3) is 0 Å².